The second-order valence-electron chi connectivity index (χ2n) is 8.82. The molecule has 0 bridgehead atoms. The number of carbonyl (C=O) groups excluding carboxylic acids is 2. The zero-order valence-corrected chi connectivity index (χ0v) is 21.0. The largest absolute Gasteiger partial charge is 2.00 e. The number of rotatable bonds is 2. The molecule has 4 aromatic carbocycles. The standard InChI is InChI=1S/2C15H12O3.Cu/c2*1-9-6-7-13-11(14(9)15(16)17)8-10-4-2-3-5-12(10)18-13;/h2*2-7H,8H2,1H3,(H,16,17);/q;;+2/p-2. The number of ether oxygens (including phenoxy) is 2. The molecule has 0 spiro atoms. The van der Waals surface area contributed by atoms with Gasteiger partial charge in [-0.25, -0.2) is 0 Å². The topological polar surface area (TPSA) is 98.7 Å². The molecule has 6 rings (SSSR count). The van der Waals surface area contributed by atoms with E-state index in [1.54, 1.807) is 26.0 Å². The minimum atomic E-state index is -1.15. The quantitative estimate of drug-likeness (QED) is 0.306. The third-order valence-corrected chi connectivity index (χ3v) is 6.48. The predicted octanol–water partition coefficient (Wildman–Crippen LogP) is 4.11. The summed E-state index contributed by atoms with van der Waals surface area (Å²) in [5, 5.41) is 22.5. The van der Waals surface area contributed by atoms with Gasteiger partial charge in [0.2, 0.25) is 0 Å². The van der Waals surface area contributed by atoms with Gasteiger partial charge in [-0.05, 0) is 60.4 Å². The number of carboxylic acids is 2. The first kappa shape index (κ1) is 26.0. The van der Waals surface area contributed by atoms with Crippen LogP contribution in [0.1, 0.15) is 54.1 Å². The number of hydrogen-bond acceptors (Lipinski definition) is 6. The molecule has 0 N–H and O–H groups in total. The molecule has 2 aliphatic rings. The predicted molar refractivity (Wildman–Crippen MR) is 130 cm³/mol. The van der Waals surface area contributed by atoms with Gasteiger partial charge in [0.15, 0.2) is 0 Å². The summed E-state index contributed by atoms with van der Waals surface area (Å²) < 4.78 is 11.5. The summed E-state index contributed by atoms with van der Waals surface area (Å²) in [6, 6.07) is 22.4. The molecule has 0 saturated carbocycles. The molecule has 0 aromatic heterocycles. The van der Waals surface area contributed by atoms with E-state index in [1.165, 1.54) is 0 Å². The SMILES string of the molecule is Cc1ccc2c(c1C(=O)[O-])Cc1ccccc1O2.Cc1ccc2c(c1C(=O)[O-])Cc1ccccc1O2.[Cu+2]. The van der Waals surface area contributed by atoms with Crippen LogP contribution in [-0.2, 0) is 29.9 Å². The van der Waals surface area contributed by atoms with Crippen molar-refractivity contribution in [1.29, 1.82) is 0 Å². The van der Waals surface area contributed by atoms with Gasteiger partial charge in [-0.2, -0.15) is 0 Å². The van der Waals surface area contributed by atoms with Crippen LogP contribution >= 0.6 is 0 Å². The zero-order valence-electron chi connectivity index (χ0n) is 20.1. The van der Waals surface area contributed by atoms with Gasteiger partial charge in [0, 0.05) is 35.1 Å². The van der Waals surface area contributed by atoms with Crippen LogP contribution in [0.2, 0.25) is 0 Å². The number of benzene rings is 4. The van der Waals surface area contributed by atoms with E-state index in [1.807, 2.05) is 60.7 Å². The fourth-order valence-electron chi connectivity index (χ4n) is 4.72. The van der Waals surface area contributed by atoms with Crippen LogP contribution in [0.3, 0.4) is 0 Å². The number of fused-ring (bicyclic) bond motifs is 4. The number of aromatic carboxylic acids is 2. The average Bonchev–Trinajstić information content (AvgIpc) is 2.86. The maximum absolute atomic E-state index is 11.2. The van der Waals surface area contributed by atoms with Crippen molar-refractivity contribution >= 4 is 11.9 Å². The molecule has 2 aliphatic heterocycles. The fraction of sp³-hybridized carbons (Fsp3) is 0.133. The van der Waals surface area contributed by atoms with Gasteiger partial charge in [-0.3, -0.25) is 0 Å². The van der Waals surface area contributed by atoms with E-state index in [2.05, 4.69) is 0 Å². The zero-order chi connectivity index (χ0) is 25.4. The van der Waals surface area contributed by atoms with Crippen molar-refractivity contribution in [2.24, 2.45) is 0 Å². The summed E-state index contributed by atoms with van der Waals surface area (Å²) >= 11 is 0. The van der Waals surface area contributed by atoms with Crippen molar-refractivity contribution in [3.05, 3.63) is 117 Å². The molecule has 0 aliphatic carbocycles. The third kappa shape index (κ3) is 4.96. The molecule has 0 fully saturated rings. The molecule has 0 atom stereocenters. The molecule has 0 amide bonds. The number of hydrogen-bond donors (Lipinski definition) is 0. The van der Waals surface area contributed by atoms with Crippen molar-refractivity contribution in [3.63, 3.8) is 0 Å². The Kier molecular flexibility index (Phi) is 7.39. The Labute approximate surface area is 225 Å². The summed E-state index contributed by atoms with van der Waals surface area (Å²) in [5.74, 6) is 0.507. The van der Waals surface area contributed by atoms with Crippen LogP contribution in [-0.4, -0.2) is 11.9 Å². The maximum Gasteiger partial charge on any atom is 2.00 e. The van der Waals surface area contributed by atoms with Crippen LogP contribution < -0.4 is 19.7 Å². The molecule has 4 aromatic rings. The fourth-order valence-corrected chi connectivity index (χ4v) is 4.72. The molecule has 0 unspecified atom stereocenters. The van der Waals surface area contributed by atoms with E-state index in [-0.39, 0.29) is 28.2 Å². The van der Waals surface area contributed by atoms with Crippen molar-refractivity contribution in [1.82, 2.24) is 0 Å². The van der Waals surface area contributed by atoms with E-state index in [4.69, 9.17) is 9.47 Å². The number of aryl methyl sites for hydroxylation is 2. The van der Waals surface area contributed by atoms with Gasteiger partial charge < -0.3 is 29.3 Å². The van der Waals surface area contributed by atoms with E-state index >= 15 is 0 Å². The summed E-state index contributed by atoms with van der Waals surface area (Å²) in [7, 11) is 0. The first-order valence-electron chi connectivity index (χ1n) is 11.5. The van der Waals surface area contributed by atoms with Gasteiger partial charge in [0.05, 0.1) is 11.9 Å². The van der Waals surface area contributed by atoms with Crippen LogP contribution in [0, 0.1) is 13.8 Å². The van der Waals surface area contributed by atoms with E-state index < -0.39 is 11.9 Å². The van der Waals surface area contributed by atoms with Crippen LogP contribution in [0.15, 0.2) is 72.8 Å². The van der Waals surface area contributed by atoms with Gasteiger partial charge >= 0.3 is 17.1 Å². The molecule has 37 heavy (non-hydrogen) atoms. The first-order valence-corrected chi connectivity index (χ1v) is 11.5. The summed E-state index contributed by atoms with van der Waals surface area (Å²) in [6.07, 6.45) is 1.13. The molecule has 7 heteroatoms. The number of para-hydroxylation sites is 2. The molecule has 189 valence electrons. The van der Waals surface area contributed by atoms with Gasteiger partial charge in [-0.15, -0.1) is 0 Å². The van der Waals surface area contributed by atoms with Crippen LogP contribution in [0.4, 0.5) is 0 Å². The van der Waals surface area contributed by atoms with Gasteiger partial charge in [0.1, 0.15) is 23.0 Å². The minimum absolute atomic E-state index is 0. The van der Waals surface area contributed by atoms with E-state index in [9.17, 15) is 19.8 Å². The molecular weight excluding hydrogens is 520 g/mol. The maximum atomic E-state index is 11.2. The Morgan fingerprint density at radius 2 is 0.973 bits per heavy atom. The van der Waals surface area contributed by atoms with Gasteiger partial charge in [0.25, 0.3) is 0 Å². The van der Waals surface area contributed by atoms with E-state index in [0.29, 0.717) is 46.6 Å². The summed E-state index contributed by atoms with van der Waals surface area (Å²) in [6.45, 7) is 3.54. The number of carbonyl (C=O) groups is 2. The van der Waals surface area contributed by atoms with Crippen molar-refractivity contribution in [2.45, 2.75) is 26.7 Å². The van der Waals surface area contributed by atoms with Crippen molar-refractivity contribution in [2.75, 3.05) is 0 Å². The van der Waals surface area contributed by atoms with Crippen LogP contribution in [0.5, 0.6) is 23.0 Å². The van der Waals surface area contributed by atoms with Crippen molar-refractivity contribution < 1.29 is 46.3 Å². The molecule has 1 radical (unpaired) electrons. The third-order valence-electron chi connectivity index (χ3n) is 6.48. The number of carboxylic acid groups (broad SMARTS) is 2. The summed E-state index contributed by atoms with van der Waals surface area (Å²) in [5.41, 5.74) is 5.32. The second-order valence-corrected chi connectivity index (χ2v) is 8.82. The molecule has 6 nitrogen and oxygen atoms in total. The Balaban J connectivity index is 0.000000168. The first-order chi connectivity index (χ1) is 17.3. The smallest absolute Gasteiger partial charge is 0.545 e. The normalized spacial score (nSPS) is 11.9. The average molecular weight is 542 g/mol. The Morgan fingerprint density at radius 1 is 0.595 bits per heavy atom. The second kappa shape index (κ2) is 10.5. The van der Waals surface area contributed by atoms with Crippen molar-refractivity contribution in [3.8, 4) is 23.0 Å². The minimum Gasteiger partial charge on any atom is -0.545 e. The molecule has 2 heterocycles. The summed E-state index contributed by atoms with van der Waals surface area (Å²) in [4.78, 5) is 22.5. The Bertz CT molecular complexity index is 1410. The molecular formula is C30H22CuO6. The Hall–Kier alpha value is -4.06. The molecule has 0 saturated heterocycles. The monoisotopic (exact) mass is 541 g/mol. The van der Waals surface area contributed by atoms with E-state index in [0.717, 1.165) is 22.6 Å². The Morgan fingerprint density at radius 3 is 1.35 bits per heavy atom. The van der Waals surface area contributed by atoms with Crippen LogP contribution in [0.25, 0.3) is 0 Å². The van der Waals surface area contributed by atoms with Gasteiger partial charge in [-0.1, -0.05) is 48.5 Å².